The van der Waals surface area contributed by atoms with Crippen LogP contribution in [0.3, 0.4) is 0 Å². The molecule has 0 aromatic heterocycles. The second kappa shape index (κ2) is 8.42. The summed E-state index contributed by atoms with van der Waals surface area (Å²) in [6, 6.07) is 9.42. The number of amides is 2. The largest absolute Gasteiger partial charge is 0.342 e. The van der Waals surface area contributed by atoms with E-state index in [1.54, 1.807) is 0 Å². The van der Waals surface area contributed by atoms with Gasteiger partial charge in [-0.2, -0.15) is 0 Å². The number of hydrogen-bond donors (Lipinski definition) is 0. The van der Waals surface area contributed by atoms with Gasteiger partial charge in [0.05, 0.1) is 0 Å². The second-order valence-electron chi connectivity index (χ2n) is 8.17. The molecule has 0 saturated carbocycles. The van der Waals surface area contributed by atoms with Gasteiger partial charge in [0.1, 0.15) is 0 Å². The standard InChI is InChI=1S/C22H31N3O2/c26-21-7-3-4-11-24(21)12-10-22(27)25-15-13-23(14-16-25)20-9-8-18-5-1-2-6-19(18)17-20/h1-2,5-6,20H,3-4,7-17H2. The van der Waals surface area contributed by atoms with Crippen LogP contribution in [0.5, 0.6) is 0 Å². The number of benzene rings is 1. The maximum Gasteiger partial charge on any atom is 0.224 e. The smallest absolute Gasteiger partial charge is 0.224 e. The number of piperazine rings is 1. The van der Waals surface area contributed by atoms with Crippen LogP contribution in [0, 0.1) is 0 Å². The summed E-state index contributed by atoms with van der Waals surface area (Å²) in [4.78, 5) is 30.9. The van der Waals surface area contributed by atoms with Crippen molar-refractivity contribution in [3.8, 4) is 0 Å². The van der Waals surface area contributed by atoms with Crippen LogP contribution in [-0.2, 0) is 22.4 Å². The van der Waals surface area contributed by atoms with E-state index in [-0.39, 0.29) is 11.8 Å². The van der Waals surface area contributed by atoms with Crippen molar-refractivity contribution in [1.29, 1.82) is 0 Å². The average molecular weight is 370 g/mol. The highest BCUT2D eigenvalue weighted by molar-refractivity contribution is 5.79. The Morgan fingerprint density at radius 1 is 0.963 bits per heavy atom. The fourth-order valence-electron chi connectivity index (χ4n) is 4.81. The minimum atomic E-state index is 0.210. The van der Waals surface area contributed by atoms with Gasteiger partial charge in [-0.3, -0.25) is 14.5 Å². The van der Waals surface area contributed by atoms with E-state index in [0.717, 1.165) is 52.0 Å². The Labute approximate surface area is 162 Å². The van der Waals surface area contributed by atoms with Gasteiger partial charge in [-0.05, 0) is 43.2 Å². The number of hydrogen-bond acceptors (Lipinski definition) is 3. The van der Waals surface area contributed by atoms with Crippen molar-refractivity contribution >= 4 is 11.8 Å². The van der Waals surface area contributed by atoms with Crippen molar-refractivity contribution in [2.24, 2.45) is 0 Å². The van der Waals surface area contributed by atoms with Gasteiger partial charge in [-0.1, -0.05) is 24.3 Å². The minimum absolute atomic E-state index is 0.210. The molecule has 3 aliphatic rings. The van der Waals surface area contributed by atoms with E-state index in [1.165, 1.54) is 24.0 Å². The van der Waals surface area contributed by atoms with E-state index >= 15 is 0 Å². The van der Waals surface area contributed by atoms with Crippen molar-refractivity contribution in [2.75, 3.05) is 39.3 Å². The van der Waals surface area contributed by atoms with Crippen molar-refractivity contribution < 1.29 is 9.59 Å². The van der Waals surface area contributed by atoms with Crippen LogP contribution in [0.25, 0.3) is 0 Å². The molecule has 0 N–H and O–H groups in total. The number of fused-ring (bicyclic) bond motifs is 1. The first-order valence-corrected chi connectivity index (χ1v) is 10.6. The number of carbonyl (C=O) groups excluding carboxylic acids is 2. The summed E-state index contributed by atoms with van der Waals surface area (Å²) in [6.07, 6.45) is 6.73. The van der Waals surface area contributed by atoms with E-state index in [1.807, 2.05) is 9.80 Å². The molecular formula is C22H31N3O2. The van der Waals surface area contributed by atoms with Gasteiger partial charge in [0.15, 0.2) is 0 Å². The lowest BCUT2D eigenvalue weighted by molar-refractivity contribution is -0.136. The molecule has 5 heteroatoms. The molecule has 2 saturated heterocycles. The number of rotatable bonds is 4. The third-order valence-electron chi connectivity index (χ3n) is 6.52. The summed E-state index contributed by atoms with van der Waals surface area (Å²) < 4.78 is 0. The van der Waals surface area contributed by atoms with Gasteiger partial charge in [-0.25, -0.2) is 0 Å². The molecular weight excluding hydrogens is 338 g/mol. The molecule has 2 heterocycles. The molecule has 0 radical (unpaired) electrons. The summed E-state index contributed by atoms with van der Waals surface area (Å²) in [7, 11) is 0. The zero-order valence-electron chi connectivity index (χ0n) is 16.2. The SMILES string of the molecule is O=C1CCCCN1CCC(=O)N1CCN(C2CCc3ccccc3C2)CC1. The van der Waals surface area contributed by atoms with Crippen LogP contribution in [0.4, 0.5) is 0 Å². The van der Waals surface area contributed by atoms with E-state index in [0.29, 0.717) is 25.4 Å². The topological polar surface area (TPSA) is 43.9 Å². The van der Waals surface area contributed by atoms with E-state index in [4.69, 9.17) is 0 Å². The fraction of sp³-hybridized carbons (Fsp3) is 0.636. The number of piperidine rings is 1. The predicted octanol–water partition coefficient (Wildman–Crippen LogP) is 2.09. The van der Waals surface area contributed by atoms with Crippen molar-refractivity contribution in [3.05, 3.63) is 35.4 Å². The molecule has 5 nitrogen and oxygen atoms in total. The maximum atomic E-state index is 12.6. The maximum absolute atomic E-state index is 12.6. The summed E-state index contributed by atoms with van der Waals surface area (Å²) in [6.45, 7) is 5.01. The molecule has 0 spiro atoms. The zero-order chi connectivity index (χ0) is 18.6. The Hall–Kier alpha value is -1.88. The summed E-state index contributed by atoms with van der Waals surface area (Å²) in [5.74, 6) is 0.429. The molecule has 4 rings (SSSR count). The predicted molar refractivity (Wildman–Crippen MR) is 105 cm³/mol. The lowest BCUT2D eigenvalue weighted by Crippen LogP contribution is -2.53. The quantitative estimate of drug-likeness (QED) is 0.816. The van der Waals surface area contributed by atoms with Crippen LogP contribution in [0.15, 0.2) is 24.3 Å². The monoisotopic (exact) mass is 369 g/mol. The Bertz CT molecular complexity index is 682. The van der Waals surface area contributed by atoms with Crippen molar-refractivity contribution in [1.82, 2.24) is 14.7 Å². The molecule has 0 bridgehead atoms. The molecule has 27 heavy (non-hydrogen) atoms. The molecule has 1 atom stereocenters. The first-order chi connectivity index (χ1) is 13.2. The van der Waals surface area contributed by atoms with E-state index < -0.39 is 0 Å². The highest BCUT2D eigenvalue weighted by Crippen LogP contribution is 2.25. The lowest BCUT2D eigenvalue weighted by atomic mass is 9.87. The van der Waals surface area contributed by atoms with E-state index in [9.17, 15) is 9.59 Å². The van der Waals surface area contributed by atoms with Gasteiger partial charge in [0.2, 0.25) is 11.8 Å². The molecule has 1 aliphatic carbocycles. The molecule has 1 unspecified atom stereocenters. The summed E-state index contributed by atoms with van der Waals surface area (Å²) >= 11 is 0. The van der Waals surface area contributed by atoms with Crippen LogP contribution in [0.2, 0.25) is 0 Å². The Kier molecular flexibility index (Phi) is 5.77. The van der Waals surface area contributed by atoms with Gasteiger partial charge in [-0.15, -0.1) is 0 Å². The Morgan fingerprint density at radius 3 is 2.52 bits per heavy atom. The van der Waals surface area contributed by atoms with Gasteiger partial charge in [0.25, 0.3) is 0 Å². The van der Waals surface area contributed by atoms with Crippen molar-refractivity contribution in [2.45, 2.75) is 51.0 Å². The van der Waals surface area contributed by atoms with Gasteiger partial charge < -0.3 is 9.80 Å². The molecule has 1 aromatic carbocycles. The molecule has 2 amide bonds. The third kappa shape index (κ3) is 4.34. The first-order valence-electron chi connectivity index (χ1n) is 10.6. The molecule has 1 aromatic rings. The van der Waals surface area contributed by atoms with Crippen molar-refractivity contribution in [3.63, 3.8) is 0 Å². The van der Waals surface area contributed by atoms with Gasteiger partial charge >= 0.3 is 0 Å². The van der Waals surface area contributed by atoms with Crippen LogP contribution in [-0.4, -0.2) is 71.8 Å². The molecule has 2 fully saturated rings. The zero-order valence-corrected chi connectivity index (χ0v) is 16.2. The van der Waals surface area contributed by atoms with Crippen LogP contribution >= 0.6 is 0 Å². The summed E-state index contributed by atoms with van der Waals surface area (Å²) in [5.41, 5.74) is 3.01. The number of nitrogens with zero attached hydrogens (tertiary/aromatic N) is 3. The van der Waals surface area contributed by atoms with Gasteiger partial charge in [0, 0.05) is 58.2 Å². The lowest BCUT2D eigenvalue weighted by Gasteiger charge is -2.41. The number of aryl methyl sites for hydroxylation is 1. The minimum Gasteiger partial charge on any atom is -0.342 e. The summed E-state index contributed by atoms with van der Waals surface area (Å²) in [5, 5.41) is 0. The average Bonchev–Trinajstić information content (AvgIpc) is 2.73. The first kappa shape index (κ1) is 18.5. The van der Waals surface area contributed by atoms with Crippen LogP contribution in [0.1, 0.15) is 43.2 Å². The Balaban J connectivity index is 1.23. The molecule has 2 aliphatic heterocycles. The third-order valence-corrected chi connectivity index (χ3v) is 6.52. The number of carbonyl (C=O) groups is 2. The van der Waals surface area contributed by atoms with E-state index in [2.05, 4.69) is 29.2 Å². The number of likely N-dealkylation sites (tertiary alicyclic amines) is 1. The highest BCUT2D eigenvalue weighted by atomic mass is 16.2. The highest BCUT2D eigenvalue weighted by Gasteiger charge is 2.29. The fourth-order valence-corrected chi connectivity index (χ4v) is 4.81. The normalized spacial score (nSPS) is 24.0. The molecule has 146 valence electrons. The second-order valence-corrected chi connectivity index (χ2v) is 8.17. The Morgan fingerprint density at radius 2 is 1.74 bits per heavy atom. The van der Waals surface area contributed by atoms with Crippen LogP contribution < -0.4 is 0 Å².